The highest BCUT2D eigenvalue weighted by molar-refractivity contribution is 5.95. The van der Waals surface area contributed by atoms with Gasteiger partial charge in [-0.2, -0.15) is 0 Å². The van der Waals surface area contributed by atoms with Gasteiger partial charge in [-0.1, -0.05) is 6.92 Å². The van der Waals surface area contributed by atoms with Gasteiger partial charge in [-0.15, -0.1) is 0 Å². The van der Waals surface area contributed by atoms with Crippen LogP contribution in [0.4, 0.5) is 11.6 Å². The summed E-state index contributed by atoms with van der Waals surface area (Å²) in [6.07, 6.45) is 4.30. The smallest absolute Gasteiger partial charge is 0.269 e. The van der Waals surface area contributed by atoms with E-state index in [1.165, 1.54) is 0 Å². The number of amides is 1. The average Bonchev–Trinajstić information content (AvgIpc) is 2.58. The molecule has 2 N–H and O–H groups in total. The lowest BCUT2D eigenvalue weighted by atomic mass is 10.2. The zero-order valence-corrected chi connectivity index (χ0v) is 12.9. The number of hydrogen-bond acceptors (Lipinski definition) is 5. The molecule has 6 nitrogen and oxygen atoms in total. The van der Waals surface area contributed by atoms with Gasteiger partial charge in [0.2, 0.25) is 5.95 Å². The number of carbonyl (C=O) groups is 1. The Labute approximate surface area is 130 Å². The minimum atomic E-state index is -0.224. The standard InChI is InChI=1S/C16H21N5O/c1-3-12-21(4-2)14-8-6-13(7-9-14)15(22)19-20-16-17-10-5-11-18-16/h5-11H,3-4,12H2,1-2H3,(H,19,22)(H,17,18,20). The first-order valence-corrected chi connectivity index (χ1v) is 7.43. The van der Waals surface area contributed by atoms with Crippen molar-refractivity contribution in [3.05, 3.63) is 48.3 Å². The van der Waals surface area contributed by atoms with Crippen LogP contribution in [0.25, 0.3) is 0 Å². The first kappa shape index (κ1) is 15.8. The molecule has 0 aliphatic heterocycles. The fraction of sp³-hybridized carbons (Fsp3) is 0.312. The molecule has 0 aliphatic carbocycles. The molecule has 0 radical (unpaired) electrons. The number of nitrogens with zero attached hydrogens (tertiary/aromatic N) is 3. The normalized spacial score (nSPS) is 10.1. The third-order valence-corrected chi connectivity index (χ3v) is 3.22. The molecule has 0 saturated heterocycles. The fourth-order valence-corrected chi connectivity index (χ4v) is 2.11. The summed E-state index contributed by atoms with van der Waals surface area (Å²) in [6, 6.07) is 9.27. The summed E-state index contributed by atoms with van der Waals surface area (Å²) < 4.78 is 0. The lowest BCUT2D eigenvalue weighted by molar-refractivity contribution is 0.0962. The van der Waals surface area contributed by atoms with E-state index in [1.54, 1.807) is 18.5 Å². The Balaban J connectivity index is 1.96. The number of carbonyl (C=O) groups excluding carboxylic acids is 1. The van der Waals surface area contributed by atoms with Crippen LogP contribution in [0, 0.1) is 0 Å². The molecule has 0 atom stereocenters. The maximum atomic E-state index is 12.1. The van der Waals surface area contributed by atoms with Crippen LogP contribution in [0.1, 0.15) is 30.6 Å². The number of benzene rings is 1. The van der Waals surface area contributed by atoms with Gasteiger partial charge >= 0.3 is 0 Å². The summed E-state index contributed by atoms with van der Waals surface area (Å²) in [7, 11) is 0. The quantitative estimate of drug-likeness (QED) is 0.769. The van der Waals surface area contributed by atoms with E-state index in [1.807, 2.05) is 24.3 Å². The van der Waals surface area contributed by atoms with E-state index in [0.29, 0.717) is 11.5 Å². The lowest BCUT2D eigenvalue weighted by Crippen LogP contribution is -2.30. The third kappa shape index (κ3) is 4.18. The molecule has 0 unspecified atom stereocenters. The number of anilines is 2. The van der Waals surface area contributed by atoms with Crippen LogP contribution in [-0.4, -0.2) is 29.0 Å². The maximum absolute atomic E-state index is 12.1. The van der Waals surface area contributed by atoms with Gasteiger partial charge in [0.15, 0.2) is 0 Å². The first-order valence-electron chi connectivity index (χ1n) is 7.43. The van der Waals surface area contributed by atoms with E-state index in [0.717, 1.165) is 25.2 Å². The van der Waals surface area contributed by atoms with E-state index < -0.39 is 0 Å². The molecule has 0 spiro atoms. The van der Waals surface area contributed by atoms with Crippen molar-refractivity contribution in [1.29, 1.82) is 0 Å². The summed E-state index contributed by atoms with van der Waals surface area (Å²) >= 11 is 0. The lowest BCUT2D eigenvalue weighted by Gasteiger charge is -2.22. The van der Waals surface area contributed by atoms with Crippen molar-refractivity contribution in [2.45, 2.75) is 20.3 Å². The van der Waals surface area contributed by atoms with Crippen molar-refractivity contribution in [3.63, 3.8) is 0 Å². The predicted molar refractivity (Wildman–Crippen MR) is 87.7 cm³/mol. The van der Waals surface area contributed by atoms with Crippen molar-refractivity contribution < 1.29 is 4.79 Å². The van der Waals surface area contributed by atoms with Gasteiger partial charge in [0.25, 0.3) is 5.91 Å². The van der Waals surface area contributed by atoms with Gasteiger partial charge in [-0.25, -0.2) is 9.97 Å². The number of hydrazine groups is 1. The fourth-order valence-electron chi connectivity index (χ4n) is 2.11. The zero-order valence-electron chi connectivity index (χ0n) is 12.9. The summed E-state index contributed by atoms with van der Waals surface area (Å²) in [4.78, 5) is 22.3. The summed E-state index contributed by atoms with van der Waals surface area (Å²) in [6.45, 7) is 6.24. The van der Waals surface area contributed by atoms with E-state index in [-0.39, 0.29) is 5.91 Å². The predicted octanol–water partition coefficient (Wildman–Crippen LogP) is 2.47. The van der Waals surface area contributed by atoms with Crippen LogP contribution in [0.5, 0.6) is 0 Å². The minimum Gasteiger partial charge on any atom is -0.372 e. The molecule has 0 bridgehead atoms. The monoisotopic (exact) mass is 299 g/mol. The number of nitrogens with one attached hydrogen (secondary N) is 2. The number of aromatic nitrogens is 2. The van der Waals surface area contributed by atoms with Gasteiger partial charge < -0.3 is 4.90 Å². The molecule has 2 rings (SSSR count). The Hall–Kier alpha value is -2.63. The Morgan fingerprint density at radius 2 is 1.82 bits per heavy atom. The van der Waals surface area contributed by atoms with Crippen LogP contribution in [0.15, 0.2) is 42.7 Å². The van der Waals surface area contributed by atoms with Gasteiger partial charge in [-0.3, -0.25) is 15.6 Å². The molecule has 1 aromatic heterocycles. The van der Waals surface area contributed by atoms with E-state index in [2.05, 4.69) is 39.6 Å². The van der Waals surface area contributed by atoms with Crippen LogP contribution < -0.4 is 15.8 Å². The number of rotatable bonds is 7. The van der Waals surface area contributed by atoms with Gasteiger partial charge in [0.05, 0.1) is 0 Å². The van der Waals surface area contributed by atoms with Crippen LogP contribution >= 0.6 is 0 Å². The highest BCUT2D eigenvalue weighted by Crippen LogP contribution is 2.15. The molecule has 0 saturated carbocycles. The zero-order chi connectivity index (χ0) is 15.8. The van der Waals surface area contributed by atoms with E-state index in [4.69, 9.17) is 0 Å². The van der Waals surface area contributed by atoms with Crippen molar-refractivity contribution in [1.82, 2.24) is 15.4 Å². The second-order valence-corrected chi connectivity index (χ2v) is 4.78. The minimum absolute atomic E-state index is 0.224. The Morgan fingerprint density at radius 1 is 1.14 bits per heavy atom. The summed E-state index contributed by atoms with van der Waals surface area (Å²) in [5.41, 5.74) is 6.96. The summed E-state index contributed by atoms with van der Waals surface area (Å²) in [5.74, 6) is 0.130. The van der Waals surface area contributed by atoms with E-state index in [9.17, 15) is 4.79 Å². The molecule has 0 fully saturated rings. The largest absolute Gasteiger partial charge is 0.372 e. The molecule has 116 valence electrons. The highest BCUT2D eigenvalue weighted by Gasteiger charge is 2.07. The molecule has 1 aromatic carbocycles. The van der Waals surface area contributed by atoms with E-state index >= 15 is 0 Å². The van der Waals surface area contributed by atoms with Crippen LogP contribution in [0.2, 0.25) is 0 Å². The van der Waals surface area contributed by atoms with Crippen LogP contribution in [-0.2, 0) is 0 Å². The van der Waals surface area contributed by atoms with Crippen molar-refractivity contribution in [2.75, 3.05) is 23.4 Å². The molecule has 0 aliphatic rings. The second-order valence-electron chi connectivity index (χ2n) is 4.78. The van der Waals surface area contributed by atoms with Crippen LogP contribution in [0.3, 0.4) is 0 Å². The van der Waals surface area contributed by atoms with Gasteiger partial charge in [-0.05, 0) is 43.7 Å². The number of hydrogen-bond donors (Lipinski definition) is 2. The molecular weight excluding hydrogens is 278 g/mol. The molecular formula is C16H21N5O. The Morgan fingerprint density at radius 3 is 2.41 bits per heavy atom. The van der Waals surface area contributed by atoms with Gasteiger partial charge in [0.1, 0.15) is 0 Å². The molecule has 2 aromatic rings. The highest BCUT2D eigenvalue weighted by atomic mass is 16.2. The average molecular weight is 299 g/mol. The molecule has 1 amide bonds. The SMILES string of the molecule is CCCN(CC)c1ccc(C(=O)NNc2ncccn2)cc1. The second kappa shape index (κ2) is 7.97. The topological polar surface area (TPSA) is 70.2 Å². The first-order chi connectivity index (χ1) is 10.7. The Kier molecular flexibility index (Phi) is 5.71. The van der Waals surface area contributed by atoms with Crippen molar-refractivity contribution in [2.24, 2.45) is 0 Å². The van der Waals surface area contributed by atoms with Crippen molar-refractivity contribution in [3.8, 4) is 0 Å². The van der Waals surface area contributed by atoms with Crippen molar-refractivity contribution >= 4 is 17.5 Å². The molecule has 6 heteroatoms. The maximum Gasteiger partial charge on any atom is 0.269 e. The van der Waals surface area contributed by atoms with Gasteiger partial charge in [0, 0.05) is 36.7 Å². The third-order valence-electron chi connectivity index (χ3n) is 3.22. The summed E-state index contributed by atoms with van der Waals surface area (Å²) in [5, 5.41) is 0. The Bertz CT molecular complexity index is 585. The molecule has 1 heterocycles. The molecule has 22 heavy (non-hydrogen) atoms.